The number of nitrogens with zero attached hydrogens (tertiary/aromatic N) is 2. The number of aryl methyl sites for hydroxylation is 1. The first-order valence-corrected chi connectivity index (χ1v) is 8.90. The van der Waals surface area contributed by atoms with Gasteiger partial charge in [-0.3, -0.25) is 9.69 Å². The highest BCUT2D eigenvalue weighted by molar-refractivity contribution is 5.78. The predicted octanol–water partition coefficient (Wildman–Crippen LogP) is 1.79. The minimum absolute atomic E-state index is 0.0506. The minimum Gasteiger partial charge on any atom is -0.491 e. The number of rotatable bonds is 7. The van der Waals surface area contributed by atoms with E-state index in [1.807, 2.05) is 43.0 Å². The maximum absolute atomic E-state index is 12.0. The third-order valence-corrected chi connectivity index (χ3v) is 4.42. The minimum atomic E-state index is -0.525. The molecule has 1 fully saturated rings. The Morgan fingerprint density at radius 3 is 2.33 bits per heavy atom. The van der Waals surface area contributed by atoms with Gasteiger partial charge in [-0.2, -0.15) is 0 Å². The van der Waals surface area contributed by atoms with E-state index in [1.54, 1.807) is 0 Å². The van der Waals surface area contributed by atoms with Crippen LogP contribution in [-0.4, -0.2) is 66.2 Å². The van der Waals surface area contributed by atoms with Gasteiger partial charge in [-0.15, -0.1) is 0 Å². The summed E-state index contributed by atoms with van der Waals surface area (Å²) >= 11 is 0. The summed E-state index contributed by atoms with van der Waals surface area (Å²) in [6.07, 6.45) is 0.483. The zero-order valence-electron chi connectivity index (χ0n) is 15.1. The molecule has 0 bridgehead atoms. The Hall–Kier alpha value is -1.59. The van der Waals surface area contributed by atoms with Crippen molar-refractivity contribution in [1.82, 2.24) is 9.80 Å². The van der Waals surface area contributed by atoms with E-state index < -0.39 is 6.10 Å². The molecule has 1 aromatic carbocycles. The largest absolute Gasteiger partial charge is 0.491 e. The molecule has 1 saturated heterocycles. The molecule has 1 aliphatic heterocycles. The van der Waals surface area contributed by atoms with E-state index in [9.17, 15) is 9.90 Å². The molecule has 1 heterocycles. The summed E-state index contributed by atoms with van der Waals surface area (Å²) in [5, 5.41) is 10.2. The molecule has 2 rings (SSSR count). The average molecular weight is 334 g/mol. The molecular weight excluding hydrogens is 304 g/mol. The number of carbonyl (C=O) groups excluding carboxylic acids is 1. The Labute approximate surface area is 145 Å². The van der Waals surface area contributed by atoms with E-state index in [0.717, 1.165) is 38.3 Å². The normalized spacial score (nSPS) is 17.1. The van der Waals surface area contributed by atoms with Crippen LogP contribution in [0.3, 0.4) is 0 Å². The van der Waals surface area contributed by atoms with Gasteiger partial charge in [0.05, 0.1) is 0 Å². The third kappa shape index (κ3) is 5.49. The first-order chi connectivity index (χ1) is 11.5. The topological polar surface area (TPSA) is 53.0 Å². The first kappa shape index (κ1) is 18.7. The van der Waals surface area contributed by atoms with Crippen molar-refractivity contribution in [3.63, 3.8) is 0 Å². The van der Waals surface area contributed by atoms with Gasteiger partial charge in [0.15, 0.2) is 0 Å². The fourth-order valence-electron chi connectivity index (χ4n) is 2.88. The van der Waals surface area contributed by atoms with Gasteiger partial charge in [-0.25, -0.2) is 0 Å². The Morgan fingerprint density at radius 1 is 1.17 bits per heavy atom. The second-order valence-corrected chi connectivity index (χ2v) is 6.74. The summed E-state index contributed by atoms with van der Waals surface area (Å²) in [6.45, 7) is 9.95. The van der Waals surface area contributed by atoms with Crippen molar-refractivity contribution in [2.45, 2.75) is 33.3 Å². The van der Waals surface area contributed by atoms with Gasteiger partial charge in [-0.05, 0) is 24.1 Å². The van der Waals surface area contributed by atoms with Crippen molar-refractivity contribution in [2.24, 2.45) is 5.92 Å². The van der Waals surface area contributed by atoms with Crippen LogP contribution in [0, 0.1) is 5.92 Å². The Morgan fingerprint density at radius 2 is 1.79 bits per heavy atom. The number of aliphatic hydroxyl groups excluding tert-OH is 1. The summed E-state index contributed by atoms with van der Waals surface area (Å²) in [6, 6.07) is 7.99. The van der Waals surface area contributed by atoms with Gasteiger partial charge in [0.1, 0.15) is 18.5 Å². The SMILES string of the molecule is CCc1ccc(OCC(O)CN2CCN(C(=O)C(C)C)CC2)cc1. The molecule has 0 aliphatic carbocycles. The summed E-state index contributed by atoms with van der Waals surface area (Å²) in [4.78, 5) is 16.1. The van der Waals surface area contributed by atoms with Gasteiger partial charge in [0.25, 0.3) is 0 Å². The van der Waals surface area contributed by atoms with Crippen molar-refractivity contribution in [2.75, 3.05) is 39.3 Å². The quantitative estimate of drug-likeness (QED) is 0.826. The number of piperazine rings is 1. The highest BCUT2D eigenvalue weighted by Gasteiger charge is 2.23. The number of carbonyl (C=O) groups is 1. The maximum atomic E-state index is 12.0. The van der Waals surface area contributed by atoms with Crippen LogP contribution in [0.4, 0.5) is 0 Å². The molecule has 0 radical (unpaired) electrons. The fraction of sp³-hybridized carbons (Fsp3) is 0.632. The third-order valence-electron chi connectivity index (χ3n) is 4.42. The van der Waals surface area contributed by atoms with Crippen LogP contribution in [0.15, 0.2) is 24.3 Å². The Kier molecular flexibility index (Phi) is 7.06. The molecular formula is C19H30N2O3. The summed E-state index contributed by atoms with van der Waals surface area (Å²) in [5.41, 5.74) is 1.27. The molecule has 5 nitrogen and oxygen atoms in total. The molecule has 24 heavy (non-hydrogen) atoms. The van der Waals surface area contributed by atoms with Crippen LogP contribution in [0.25, 0.3) is 0 Å². The van der Waals surface area contributed by atoms with Gasteiger partial charge < -0.3 is 14.7 Å². The number of amides is 1. The standard InChI is InChI=1S/C19H30N2O3/c1-4-16-5-7-18(8-6-16)24-14-17(22)13-20-9-11-21(12-10-20)19(23)15(2)3/h5-8,15,17,22H,4,9-14H2,1-3H3. The van der Waals surface area contributed by atoms with Crippen LogP contribution in [-0.2, 0) is 11.2 Å². The number of hydrogen-bond acceptors (Lipinski definition) is 4. The molecule has 1 aromatic rings. The molecule has 1 unspecified atom stereocenters. The lowest BCUT2D eigenvalue weighted by molar-refractivity contribution is -0.136. The van der Waals surface area contributed by atoms with E-state index in [1.165, 1.54) is 5.56 Å². The Bertz CT molecular complexity index is 508. The number of hydrogen-bond donors (Lipinski definition) is 1. The molecule has 1 atom stereocenters. The second kappa shape index (κ2) is 9.04. The summed E-state index contributed by atoms with van der Waals surface area (Å²) in [7, 11) is 0. The van der Waals surface area contributed by atoms with E-state index in [2.05, 4.69) is 11.8 Å². The zero-order valence-corrected chi connectivity index (χ0v) is 15.1. The van der Waals surface area contributed by atoms with Crippen molar-refractivity contribution < 1.29 is 14.6 Å². The number of benzene rings is 1. The number of aliphatic hydroxyl groups is 1. The molecule has 1 aliphatic rings. The summed E-state index contributed by atoms with van der Waals surface area (Å²) in [5.74, 6) is 1.06. The maximum Gasteiger partial charge on any atom is 0.225 e. The summed E-state index contributed by atoms with van der Waals surface area (Å²) < 4.78 is 5.66. The van der Waals surface area contributed by atoms with E-state index in [-0.39, 0.29) is 18.4 Å². The zero-order chi connectivity index (χ0) is 17.5. The fourth-order valence-corrected chi connectivity index (χ4v) is 2.88. The van der Waals surface area contributed by atoms with Gasteiger partial charge in [0.2, 0.25) is 5.91 Å². The molecule has 5 heteroatoms. The molecule has 0 aromatic heterocycles. The molecule has 0 saturated carbocycles. The lowest BCUT2D eigenvalue weighted by Crippen LogP contribution is -2.51. The van der Waals surface area contributed by atoms with Crippen molar-refractivity contribution in [3.05, 3.63) is 29.8 Å². The first-order valence-electron chi connectivity index (χ1n) is 8.90. The van der Waals surface area contributed by atoms with E-state index in [0.29, 0.717) is 6.54 Å². The number of β-amino-alcohol motifs (C(OH)–C–C–N with tert-alkyl or cyclic N) is 1. The molecule has 0 spiro atoms. The molecule has 1 N–H and O–H groups in total. The van der Waals surface area contributed by atoms with E-state index in [4.69, 9.17) is 4.74 Å². The monoisotopic (exact) mass is 334 g/mol. The van der Waals surface area contributed by atoms with Crippen LogP contribution in [0.5, 0.6) is 5.75 Å². The van der Waals surface area contributed by atoms with Crippen molar-refractivity contribution in [3.8, 4) is 5.75 Å². The number of ether oxygens (including phenoxy) is 1. The highest BCUT2D eigenvalue weighted by Crippen LogP contribution is 2.13. The highest BCUT2D eigenvalue weighted by atomic mass is 16.5. The van der Waals surface area contributed by atoms with Gasteiger partial charge >= 0.3 is 0 Å². The van der Waals surface area contributed by atoms with Gasteiger partial charge in [0, 0.05) is 38.6 Å². The van der Waals surface area contributed by atoms with Crippen LogP contribution < -0.4 is 4.74 Å². The van der Waals surface area contributed by atoms with Crippen LogP contribution >= 0.6 is 0 Å². The second-order valence-electron chi connectivity index (χ2n) is 6.74. The van der Waals surface area contributed by atoms with Crippen LogP contribution in [0.1, 0.15) is 26.3 Å². The van der Waals surface area contributed by atoms with Crippen LogP contribution in [0.2, 0.25) is 0 Å². The Balaban J connectivity index is 1.69. The van der Waals surface area contributed by atoms with Crippen molar-refractivity contribution >= 4 is 5.91 Å². The molecule has 134 valence electrons. The lowest BCUT2D eigenvalue weighted by atomic mass is 10.1. The predicted molar refractivity (Wildman–Crippen MR) is 95.2 cm³/mol. The van der Waals surface area contributed by atoms with E-state index >= 15 is 0 Å². The molecule has 1 amide bonds. The van der Waals surface area contributed by atoms with Gasteiger partial charge in [-0.1, -0.05) is 32.9 Å². The van der Waals surface area contributed by atoms with Crippen molar-refractivity contribution in [1.29, 1.82) is 0 Å². The average Bonchev–Trinajstić information content (AvgIpc) is 2.60. The lowest BCUT2D eigenvalue weighted by Gasteiger charge is -2.36. The smallest absolute Gasteiger partial charge is 0.225 e.